The second-order valence-corrected chi connectivity index (χ2v) is 5.84. The van der Waals surface area contributed by atoms with E-state index in [9.17, 15) is 4.39 Å². The lowest BCUT2D eigenvalue weighted by Crippen LogP contribution is -2.28. The van der Waals surface area contributed by atoms with E-state index >= 15 is 0 Å². The third-order valence-electron chi connectivity index (χ3n) is 3.64. The molecule has 1 saturated carbocycles. The van der Waals surface area contributed by atoms with Crippen LogP contribution in [0, 0.1) is 29.5 Å². The Hall–Kier alpha value is -1.53. The molecule has 1 fully saturated rings. The van der Waals surface area contributed by atoms with E-state index in [1.54, 1.807) is 6.07 Å². The van der Waals surface area contributed by atoms with Gasteiger partial charge in [0.05, 0.1) is 12.6 Å². The monoisotopic (exact) mass is 275 g/mol. The van der Waals surface area contributed by atoms with Crippen molar-refractivity contribution < 1.29 is 9.13 Å². The van der Waals surface area contributed by atoms with E-state index in [0.29, 0.717) is 23.1 Å². The first kappa shape index (κ1) is 14.9. The first-order valence-corrected chi connectivity index (χ1v) is 7.23. The predicted molar refractivity (Wildman–Crippen MR) is 78.9 cm³/mol. The van der Waals surface area contributed by atoms with Crippen LogP contribution in [0.3, 0.4) is 0 Å². The molecule has 1 aliphatic rings. The minimum Gasteiger partial charge on any atom is -0.490 e. The van der Waals surface area contributed by atoms with Crippen LogP contribution in [0.15, 0.2) is 18.2 Å². The standard InChI is InChI=1S/C17H22FNO/c1-12-6-13(2)8-16(7-12)20-17-10-14(4-3-5-19)9-15(18)11-17/h9-13,16H,5-8,19H2,1-2H3. The molecule has 0 spiro atoms. The fourth-order valence-electron chi connectivity index (χ4n) is 3.02. The molecule has 0 bridgehead atoms. The van der Waals surface area contributed by atoms with Crippen molar-refractivity contribution in [2.24, 2.45) is 17.6 Å². The van der Waals surface area contributed by atoms with Crippen LogP contribution in [-0.2, 0) is 0 Å². The molecule has 1 aromatic rings. The topological polar surface area (TPSA) is 35.2 Å². The first-order chi connectivity index (χ1) is 9.56. The molecule has 0 radical (unpaired) electrons. The average Bonchev–Trinajstić information content (AvgIpc) is 2.34. The smallest absolute Gasteiger partial charge is 0.128 e. The molecule has 1 aliphatic carbocycles. The number of nitrogens with two attached hydrogens (primary N) is 1. The number of ether oxygens (including phenoxy) is 1. The van der Waals surface area contributed by atoms with Crippen LogP contribution in [0.4, 0.5) is 4.39 Å². The van der Waals surface area contributed by atoms with E-state index in [0.717, 1.165) is 12.8 Å². The number of rotatable bonds is 2. The lowest BCUT2D eigenvalue weighted by molar-refractivity contribution is 0.101. The van der Waals surface area contributed by atoms with Gasteiger partial charge in [0, 0.05) is 11.6 Å². The van der Waals surface area contributed by atoms with E-state index < -0.39 is 0 Å². The van der Waals surface area contributed by atoms with Crippen LogP contribution in [0.5, 0.6) is 5.75 Å². The van der Waals surface area contributed by atoms with E-state index in [4.69, 9.17) is 10.5 Å². The quantitative estimate of drug-likeness (QED) is 0.840. The zero-order valence-corrected chi connectivity index (χ0v) is 12.2. The van der Waals surface area contributed by atoms with Crippen molar-refractivity contribution in [1.29, 1.82) is 0 Å². The Morgan fingerprint density at radius 2 is 1.90 bits per heavy atom. The summed E-state index contributed by atoms with van der Waals surface area (Å²) < 4.78 is 19.5. The first-order valence-electron chi connectivity index (χ1n) is 7.23. The Bertz CT molecular complexity index is 507. The van der Waals surface area contributed by atoms with E-state index in [1.807, 2.05) is 0 Å². The SMILES string of the molecule is CC1CC(C)CC(Oc2cc(F)cc(C#CCN)c2)C1. The van der Waals surface area contributed by atoms with Gasteiger partial charge in [-0.1, -0.05) is 25.7 Å². The van der Waals surface area contributed by atoms with Crippen molar-refractivity contribution in [2.45, 2.75) is 39.2 Å². The van der Waals surface area contributed by atoms with Gasteiger partial charge in [0.1, 0.15) is 11.6 Å². The Morgan fingerprint density at radius 1 is 1.20 bits per heavy atom. The molecule has 108 valence electrons. The normalized spacial score (nSPS) is 25.7. The number of hydrogen-bond acceptors (Lipinski definition) is 2. The molecule has 0 heterocycles. The molecule has 0 saturated heterocycles. The molecule has 2 rings (SSSR count). The molecular weight excluding hydrogens is 253 g/mol. The highest BCUT2D eigenvalue weighted by molar-refractivity contribution is 5.40. The summed E-state index contributed by atoms with van der Waals surface area (Å²) in [5.74, 6) is 7.15. The van der Waals surface area contributed by atoms with Crippen LogP contribution < -0.4 is 10.5 Å². The second kappa shape index (κ2) is 6.76. The number of benzene rings is 1. The van der Waals surface area contributed by atoms with Gasteiger partial charge in [0.15, 0.2) is 0 Å². The van der Waals surface area contributed by atoms with Gasteiger partial charge in [-0.25, -0.2) is 4.39 Å². The molecule has 2 N–H and O–H groups in total. The molecule has 0 amide bonds. The summed E-state index contributed by atoms with van der Waals surface area (Å²) in [6.07, 6.45) is 3.48. The van der Waals surface area contributed by atoms with Crippen LogP contribution in [0.1, 0.15) is 38.7 Å². The maximum Gasteiger partial charge on any atom is 0.128 e. The third kappa shape index (κ3) is 4.25. The van der Waals surface area contributed by atoms with Gasteiger partial charge in [0.2, 0.25) is 0 Å². The summed E-state index contributed by atoms with van der Waals surface area (Å²) in [4.78, 5) is 0. The molecular formula is C17H22FNO. The highest BCUT2D eigenvalue weighted by Gasteiger charge is 2.25. The van der Waals surface area contributed by atoms with Crippen LogP contribution in [0.2, 0.25) is 0 Å². The van der Waals surface area contributed by atoms with E-state index in [-0.39, 0.29) is 18.5 Å². The minimum absolute atomic E-state index is 0.172. The lowest BCUT2D eigenvalue weighted by atomic mass is 9.82. The molecule has 3 heteroatoms. The van der Waals surface area contributed by atoms with Crippen molar-refractivity contribution in [2.75, 3.05) is 6.54 Å². The van der Waals surface area contributed by atoms with Crippen LogP contribution in [-0.4, -0.2) is 12.6 Å². The van der Waals surface area contributed by atoms with E-state index in [1.165, 1.54) is 18.6 Å². The summed E-state index contributed by atoms with van der Waals surface area (Å²) in [6, 6.07) is 4.62. The van der Waals surface area contributed by atoms with Gasteiger partial charge < -0.3 is 10.5 Å². The Balaban J connectivity index is 2.10. The Kier molecular flexibility index (Phi) is 5.03. The maximum atomic E-state index is 13.6. The summed E-state index contributed by atoms with van der Waals surface area (Å²) in [6.45, 7) is 4.76. The minimum atomic E-state index is -0.319. The van der Waals surface area contributed by atoms with Gasteiger partial charge >= 0.3 is 0 Å². The van der Waals surface area contributed by atoms with Crippen LogP contribution >= 0.6 is 0 Å². The zero-order chi connectivity index (χ0) is 14.5. The summed E-state index contributed by atoms with van der Waals surface area (Å²) in [7, 11) is 0. The molecule has 0 aromatic heterocycles. The van der Waals surface area contributed by atoms with Crippen molar-refractivity contribution in [1.82, 2.24) is 0 Å². The van der Waals surface area contributed by atoms with Gasteiger partial charge in [-0.05, 0) is 43.2 Å². The van der Waals surface area contributed by atoms with Gasteiger partial charge in [0.25, 0.3) is 0 Å². The van der Waals surface area contributed by atoms with Crippen molar-refractivity contribution in [3.8, 4) is 17.6 Å². The Morgan fingerprint density at radius 3 is 2.55 bits per heavy atom. The molecule has 1 aromatic carbocycles. The van der Waals surface area contributed by atoms with Crippen molar-refractivity contribution in [3.63, 3.8) is 0 Å². The molecule has 2 atom stereocenters. The highest BCUT2D eigenvalue weighted by atomic mass is 19.1. The fraction of sp³-hybridized carbons (Fsp3) is 0.529. The summed E-state index contributed by atoms with van der Waals surface area (Å²) in [5, 5.41) is 0. The predicted octanol–water partition coefficient (Wildman–Crippen LogP) is 3.34. The maximum absolute atomic E-state index is 13.6. The number of hydrogen-bond donors (Lipinski definition) is 1. The van der Waals surface area contributed by atoms with Crippen molar-refractivity contribution >= 4 is 0 Å². The highest BCUT2D eigenvalue weighted by Crippen LogP contribution is 2.31. The number of halogens is 1. The zero-order valence-electron chi connectivity index (χ0n) is 12.2. The van der Waals surface area contributed by atoms with Crippen LogP contribution in [0.25, 0.3) is 0 Å². The third-order valence-corrected chi connectivity index (χ3v) is 3.64. The van der Waals surface area contributed by atoms with Gasteiger partial charge in [-0.15, -0.1) is 0 Å². The summed E-state index contributed by atoms with van der Waals surface area (Å²) >= 11 is 0. The van der Waals surface area contributed by atoms with E-state index in [2.05, 4.69) is 25.7 Å². The lowest BCUT2D eigenvalue weighted by Gasteiger charge is -2.31. The molecule has 0 aliphatic heterocycles. The van der Waals surface area contributed by atoms with Gasteiger partial charge in [-0.3, -0.25) is 0 Å². The molecule has 2 unspecified atom stereocenters. The van der Waals surface area contributed by atoms with Crippen molar-refractivity contribution in [3.05, 3.63) is 29.6 Å². The van der Waals surface area contributed by atoms with Gasteiger partial charge in [-0.2, -0.15) is 0 Å². The fourth-order valence-corrected chi connectivity index (χ4v) is 3.02. The largest absolute Gasteiger partial charge is 0.490 e. The summed E-state index contributed by atoms with van der Waals surface area (Å²) in [5.41, 5.74) is 5.95. The second-order valence-electron chi connectivity index (χ2n) is 5.84. The molecule has 2 nitrogen and oxygen atoms in total. The Labute approximate surface area is 120 Å². The average molecular weight is 275 g/mol. The molecule has 20 heavy (non-hydrogen) atoms.